The predicted octanol–water partition coefficient (Wildman–Crippen LogP) is 7.18. The smallest absolute Gasteiger partial charge is 0.339 e. The zero-order valence-electron chi connectivity index (χ0n) is 35.1. The molecule has 1 saturated heterocycles. The molecule has 56 heavy (non-hydrogen) atoms. The molecule has 1 heterocycles. The molecule has 3 N–H and O–H groups in total. The van der Waals surface area contributed by atoms with Crippen LogP contribution in [0.4, 0.5) is 0 Å². The van der Waals surface area contributed by atoms with Crippen LogP contribution in [0.25, 0.3) is 0 Å². The number of ketones is 1. The number of aliphatic hydroxyl groups is 2. The van der Waals surface area contributed by atoms with Gasteiger partial charge in [-0.05, 0) is 83.9 Å². The van der Waals surface area contributed by atoms with E-state index in [-0.39, 0.29) is 51.3 Å². The van der Waals surface area contributed by atoms with Crippen LogP contribution in [0.3, 0.4) is 0 Å². The largest absolute Gasteiger partial charge is 0.481 e. The van der Waals surface area contributed by atoms with Crippen molar-refractivity contribution in [3.8, 4) is 17.6 Å². The van der Waals surface area contributed by atoms with Crippen LogP contribution in [0, 0.1) is 17.8 Å². The van der Waals surface area contributed by atoms with Crippen LogP contribution >= 0.6 is 0 Å². The van der Waals surface area contributed by atoms with Gasteiger partial charge in [-0.25, -0.2) is 4.79 Å². The number of benzene rings is 1. The van der Waals surface area contributed by atoms with Crippen molar-refractivity contribution in [3.05, 3.63) is 42.0 Å². The lowest BCUT2D eigenvalue weighted by Crippen LogP contribution is -2.56. The molecule has 3 atom stereocenters. The number of unbranched alkanes of at least 4 members (excludes halogenated alkanes) is 8. The summed E-state index contributed by atoms with van der Waals surface area (Å²) in [5.41, 5.74) is -2.46. The van der Waals surface area contributed by atoms with Gasteiger partial charge in [0.2, 0.25) is 5.91 Å². The molecular formula is C45H71NO10. The molecule has 11 heteroatoms. The van der Waals surface area contributed by atoms with E-state index in [4.69, 9.17) is 23.7 Å². The monoisotopic (exact) mass is 786 g/mol. The van der Waals surface area contributed by atoms with Crippen molar-refractivity contribution >= 4 is 17.7 Å². The third-order valence-corrected chi connectivity index (χ3v) is 9.86. The highest BCUT2D eigenvalue weighted by molar-refractivity contribution is 5.94. The number of carbonyl (C=O) groups excluding carboxylic acids is 3. The van der Waals surface area contributed by atoms with Gasteiger partial charge in [-0.15, -0.1) is 5.92 Å². The minimum absolute atomic E-state index is 0.0157. The molecule has 0 bridgehead atoms. The number of allylic oxidation sites excluding steroid dienone is 1. The van der Waals surface area contributed by atoms with E-state index in [0.717, 1.165) is 50.5 Å². The lowest BCUT2D eigenvalue weighted by atomic mass is 9.82. The van der Waals surface area contributed by atoms with Crippen LogP contribution < -0.4 is 10.1 Å². The molecule has 1 fully saturated rings. The summed E-state index contributed by atoms with van der Waals surface area (Å²) in [5.74, 6) is 2.48. The number of aliphatic hydroxyl groups excluding tert-OH is 1. The van der Waals surface area contributed by atoms with Crippen LogP contribution in [0.5, 0.6) is 5.75 Å². The van der Waals surface area contributed by atoms with Gasteiger partial charge >= 0.3 is 5.97 Å². The number of ether oxygens (including phenoxy) is 5. The van der Waals surface area contributed by atoms with Crippen molar-refractivity contribution < 1.29 is 48.3 Å². The van der Waals surface area contributed by atoms with Gasteiger partial charge in [0, 0.05) is 46.0 Å². The fraction of sp³-hybridized carbons (Fsp3) is 0.711. The molecule has 0 saturated carbocycles. The molecule has 0 aromatic heterocycles. The summed E-state index contributed by atoms with van der Waals surface area (Å²) >= 11 is 0. The van der Waals surface area contributed by atoms with Crippen molar-refractivity contribution in [2.75, 3.05) is 40.1 Å². The molecular weight excluding hydrogens is 714 g/mol. The maximum absolute atomic E-state index is 14.3. The molecule has 1 aromatic carbocycles. The zero-order valence-corrected chi connectivity index (χ0v) is 35.1. The van der Waals surface area contributed by atoms with Crippen LogP contribution in [-0.4, -0.2) is 91.0 Å². The van der Waals surface area contributed by atoms with Crippen LogP contribution in [-0.2, 0) is 39.8 Å². The maximum atomic E-state index is 14.3. The second kappa shape index (κ2) is 26.6. The highest BCUT2D eigenvalue weighted by Gasteiger charge is 2.49. The number of nitrogens with one attached hydrogen (secondary N) is 1. The zero-order chi connectivity index (χ0) is 41.3. The first-order valence-corrected chi connectivity index (χ1v) is 20.8. The third-order valence-electron chi connectivity index (χ3n) is 9.86. The van der Waals surface area contributed by atoms with Crippen LogP contribution in [0.1, 0.15) is 136 Å². The number of esters is 1. The molecule has 2 rings (SSSR count). The summed E-state index contributed by atoms with van der Waals surface area (Å²) in [4.78, 5) is 41.4. The third kappa shape index (κ3) is 18.3. The van der Waals surface area contributed by atoms with Gasteiger partial charge < -0.3 is 39.2 Å². The van der Waals surface area contributed by atoms with E-state index >= 15 is 0 Å². The molecule has 0 unspecified atom stereocenters. The van der Waals surface area contributed by atoms with E-state index in [0.29, 0.717) is 25.4 Å². The summed E-state index contributed by atoms with van der Waals surface area (Å²) in [5, 5.41) is 24.4. The fourth-order valence-corrected chi connectivity index (χ4v) is 6.71. The molecule has 0 spiro atoms. The Morgan fingerprint density at radius 1 is 0.964 bits per heavy atom. The highest BCUT2D eigenvalue weighted by Crippen LogP contribution is 2.32. The normalized spacial score (nSPS) is 16.1. The first kappa shape index (κ1) is 48.9. The summed E-state index contributed by atoms with van der Waals surface area (Å²) in [7, 11) is 1.45. The average Bonchev–Trinajstić information content (AvgIpc) is 3.63. The maximum Gasteiger partial charge on any atom is 0.339 e. The fourth-order valence-electron chi connectivity index (χ4n) is 6.71. The number of hydrogen-bond acceptors (Lipinski definition) is 10. The van der Waals surface area contributed by atoms with Crippen molar-refractivity contribution in [2.24, 2.45) is 5.92 Å². The van der Waals surface area contributed by atoms with Crippen molar-refractivity contribution in [1.82, 2.24) is 5.32 Å². The minimum Gasteiger partial charge on any atom is -0.481 e. The second-order valence-corrected chi connectivity index (χ2v) is 15.7. The molecule has 1 aliphatic rings. The molecule has 316 valence electrons. The Kier molecular flexibility index (Phi) is 23.2. The Labute approximate surface area is 336 Å². The van der Waals surface area contributed by atoms with E-state index < -0.39 is 40.8 Å². The van der Waals surface area contributed by atoms with E-state index in [1.165, 1.54) is 32.8 Å². The van der Waals surface area contributed by atoms with Crippen LogP contribution in [0.15, 0.2) is 36.4 Å². The highest BCUT2D eigenvalue weighted by atomic mass is 16.7. The van der Waals surface area contributed by atoms with E-state index in [2.05, 4.69) is 24.1 Å². The lowest BCUT2D eigenvalue weighted by molar-refractivity contribution is -0.185. The van der Waals surface area contributed by atoms with Gasteiger partial charge in [-0.3, -0.25) is 9.59 Å². The number of rotatable bonds is 29. The SMILES string of the molecule is CC#CCOc1ccc(C[C@H](NC(=O)[C@@H](/C=C/CCCCCCC2(CCCCCCC)OCCO2)[C@@](O)(CCOC)C(=O)OC(C)(C)C)C(=O)CCCO)cc1. The van der Waals surface area contributed by atoms with E-state index in [9.17, 15) is 24.6 Å². The number of amides is 1. The van der Waals surface area contributed by atoms with Crippen molar-refractivity contribution in [1.29, 1.82) is 0 Å². The number of Topliss-reactive ketones (excluding diaryl/α,β-unsaturated/α-hetero) is 1. The molecule has 11 nitrogen and oxygen atoms in total. The van der Waals surface area contributed by atoms with Gasteiger partial charge in [0.1, 0.15) is 18.0 Å². The van der Waals surface area contributed by atoms with Gasteiger partial charge in [0.05, 0.1) is 25.2 Å². The summed E-state index contributed by atoms with van der Waals surface area (Å²) in [6.45, 7) is 10.4. The number of carbonyl (C=O) groups is 3. The lowest BCUT2D eigenvalue weighted by Gasteiger charge is -2.35. The van der Waals surface area contributed by atoms with Crippen molar-refractivity contribution in [2.45, 2.75) is 160 Å². The Morgan fingerprint density at radius 3 is 2.20 bits per heavy atom. The number of hydrogen-bond donors (Lipinski definition) is 3. The molecule has 0 aliphatic carbocycles. The Hall–Kier alpha value is -3.27. The first-order chi connectivity index (χ1) is 26.8. The van der Waals surface area contributed by atoms with Gasteiger partial charge in [0.25, 0.3) is 0 Å². The van der Waals surface area contributed by atoms with Crippen molar-refractivity contribution in [3.63, 3.8) is 0 Å². The first-order valence-electron chi connectivity index (χ1n) is 20.8. The summed E-state index contributed by atoms with van der Waals surface area (Å²) in [6, 6.07) is 6.17. The molecule has 1 aromatic rings. The molecule has 1 amide bonds. The standard InChI is InChI=1S/C45H71NO10/c1-7-9-11-15-18-27-44(54-33-34-55-44)28-19-16-13-12-14-17-21-38(45(51,29-32-52-6)42(50)56-43(3,4)5)41(49)46-39(40(48)22-20-30-47)35-36-23-25-37(26-24-36)53-31-10-8-2/h17,21,23-26,38-39,47,51H,7,9,11-16,18-20,22,27-35H2,1-6H3,(H,46,49)/b21-17+/t38-,39+,45+/m1/s1. The van der Waals surface area contributed by atoms with Gasteiger partial charge in [-0.2, -0.15) is 0 Å². The Balaban J connectivity index is 2.21. The van der Waals surface area contributed by atoms with Crippen LogP contribution in [0.2, 0.25) is 0 Å². The summed E-state index contributed by atoms with van der Waals surface area (Å²) < 4.78 is 28.7. The minimum atomic E-state index is -2.28. The van der Waals surface area contributed by atoms with Gasteiger partial charge in [-0.1, -0.05) is 75.7 Å². The van der Waals surface area contributed by atoms with Gasteiger partial charge in [0.15, 0.2) is 17.2 Å². The summed E-state index contributed by atoms with van der Waals surface area (Å²) in [6.07, 6.45) is 15.8. The predicted molar refractivity (Wildman–Crippen MR) is 218 cm³/mol. The number of methoxy groups -OCH3 is 1. The quantitative estimate of drug-likeness (QED) is 0.0330. The van der Waals surface area contributed by atoms with E-state index in [1.807, 2.05) is 18.2 Å². The topological polar surface area (TPSA) is 150 Å². The Morgan fingerprint density at radius 2 is 1.61 bits per heavy atom. The Bertz CT molecular complexity index is 1370. The average molecular weight is 786 g/mol. The molecule has 0 radical (unpaired) electrons. The van der Waals surface area contributed by atoms with E-state index in [1.54, 1.807) is 45.9 Å². The second-order valence-electron chi connectivity index (χ2n) is 15.7. The molecule has 1 aliphatic heterocycles.